The summed E-state index contributed by atoms with van der Waals surface area (Å²) >= 11 is 0. The number of phenolic OH excluding ortho intramolecular Hbond substituents is 1. The smallest absolute Gasteiger partial charge is 0.188 e. The van der Waals surface area contributed by atoms with Gasteiger partial charge in [-0.15, -0.1) is 0 Å². The first-order valence-electron chi connectivity index (χ1n) is 7.21. The largest absolute Gasteiger partial charge is 0.507 e. The summed E-state index contributed by atoms with van der Waals surface area (Å²) in [5, 5.41) is 10.7. The number of benzene rings is 1. The zero-order valence-electron chi connectivity index (χ0n) is 12.8. The summed E-state index contributed by atoms with van der Waals surface area (Å²) in [6.07, 6.45) is 4.07. The maximum Gasteiger partial charge on any atom is 0.188 e. The molecular weight excluding hydrogens is 266 g/mol. The summed E-state index contributed by atoms with van der Waals surface area (Å²) in [5.74, 6) is 0.338. The van der Waals surface area contributed by atoms with Crippen LogP contribution in [0.15, 0.2) is 30.5 Å². The van der Waals surface area contributed by atoms with Crippen LogP contribution in [0.4, 0.5) is 0 Å². The molecule has 2 aromatic rings. The molecule has 3 nitrogen and oxygen atoms in total. The zero-order valence-corrected chi connectivity index (χ0v) is 13.8. The van der Waals surface area contributed by atoms with Crippen molar-refractivity contribution in [3.8, 4) is 5.75 Å². The molecule has 0 saturated carbocycles. The van der Waals surface area contributed by atoms with Gasteiger partial charge >= 0.3 is 0 Å². The highest BCUT2D eigenvalue weighted by molar-refractivity contribution is 6.72. The molecule has 20 heavy (non-hydrogen) atoms. The molecule has 0 spiro atoms. The van der Waals surface area contributed by atoms with Crippen LogP contribution in [-0.4, -0.2) is 22.8 Å². The minimum Gasteiger partial charge on any atom is -0.507 e. The van der Waals surface area contributed by atoms with Crippen LogP contribution in [0.3, 0.4) is 0 Å². The Labute approximate surface area is 122 Å². The fourth-order valence-electron chi connectivity index (χ4n) is 2.40. The first-order valence-corrected chi connectivity index (χ1v) is 10.2. The fraction of sp³-hybridized carbons (Fsp3) is 0.500. The Hall–Kier alpha value is -1.26. The van der Waals surface area contributed by atoms with Gasteiger partial charge < -0.3 is 14.5 Å². The number of fused-ring (bicyclic) bond motifs is 1. The van der Waals surface area contributed by atoms with Crippen LogP contribution in [-0.2, 0) is 6.54 Å². The molecule has 110 valence electrons. The Morgan fingerprint density at radius 1 is 1.20 bits per heavy atom. The van der Waals surface area contributed by atoms with Crippen LogP contribution in [0.5, 0.6) is 5.75 Å². The van der Waals surface area contributed by atoms with Gasteiger partial charge in [-0.05, 0) is 49.2 Å². The van der Waals surface area contributed by atoms with Crippen LogP contribution < -0.4 is 0 Å². The Bertz CT molecular complexity index is 596. The molecule has 1 aromatic heterocycles. The maximum atomic E-state index is 10.3. The zero-order chi connectivity index (χ0) is 15.0. The molecule has 0 amide bonds. The highest BCUT2D eigenvalue weighted by Crippen LogP contribution is 2.40. The molecule has 1 aromatic carbocycles. The summed E-state index contributed by atoms with van der Waals surface area (Å²) in [6, 6.07) is 7.59. The van der Waals surface area contributed by atoms with Gasteiger partial charge in [0, 0.05) is 18.1 Å². The van der Waals surface area contributed by atoms with Gasteiger partial charge in [0.2, 0.25) is 0 Å². The first-order chi connectivity index (χ1) is 9.22. The second-order valence-corrected chi connectivity index (χ2v) is 11.2. The number of aromatic hydroxyl groups is 1. The van der Waals surface area contributed by atoms with E-state index in [0.29, 0.717) is 5.75 Å². The summed E-state index contributed by atoms with van der Waals surface area (Å²) in [5.41, 5.74) is 1.07. The van der Waals surface area contributed by atoms with Crippen molar-refractivity contribution >= 4 is 19.2 Å². The van der Waals surface area contributed by atoms with Crippen LogP contribution in [0, 0.1) is 0 Å². The molecule has 0 atom stereocenters. The van der Waals surface area contributed by atoms with Crippen molar-refractivity contribution in [2.45, 2.75) is 51.4 Å². The van der Waals surface area contributed by atoms with E-state index < -0.39 is 8.32 Å². The van der Waals surface area contributed by atoms with Gasteiger partial charge in [0.05, 0.1) is 5.52 Å². The normalized spacial score (nSPS) is 13.1. The lowest BCUT2D eigenvalue weighted by Crippen LogP contribution is -2.39. The number of phenols is 1. The number of hydrogen-bond donors (Lipinski definition) is 2. The molecule has 0 bridgehead atoms. The fourth-order valence-corrected chi connectivity index (χ4v) is 3.19. The topological polar surface area (TPSA) is 45.4 Å². The van der Waals surface area contributed by atoms with E-state index >= 15 is 0 Å². The molecule has 0 radical (unpaired) electrons. The highest BCUT2D eigenvalue weighted by atomic mass is 28.4. The van der Waals surface area contributed by atoms with Crippen molar-refractivity contribution in [3.63, 3.8) is 0 Å². The monoisotopic (exact) mass is 291 g/mol. The number of aromatic nitrogens is 1. The van der Waals surface area contributed by atoms with E-state index in [1.165, 1.54) is 0 Å². The molecule has 0 fully saturated rings. The van der Waals surface area contributed by atoms with Crippen molar-refractivity contribution in [3.05, 3.63) is 30.5 Å². The number of hydrogen-bond acceptors (Lipinski definition) is 2. The molecule has 1 heterocycles. The van der Waals surface area contributed by atoms with Crippen LogP contribution >= 0.6 is 0 Å². The van der Waals surface area contributed by atoms with Crippen molar-refractivity contribution < 1.29 is 9.90 Å². The van der Waals surface area contributed by atoms with Gasteiger partial charge in [-0.25, -0.2) is 0 Å². The first kappa shape index (κ1) is 15.1. The van der Waals surface area contributed by atoms with Gasteiger partial charge in [0.1, 0.15) is 5.75 Å². The van der Waals surface area contributed by atoms with Gasteiger partial charge in [-0.3, -0.25) is 0 Å². The third-order valence-corrected chi connectivity index (χ3v) is 8.21. The van der Waals surface area contributed by atoms with Crippen molar-refractivity contribution in [1.82, 2.24) is 4.57 Å². The molecule has 0 unspecified atom stereocenters. The number of aryl methyl sites for hydroxylation is 1. The lowest BCUT2D eigenvalue weighted by Gasteiger charge is -2.35. The van der Waals surface area contributed by atoms with Crippen LogP contribution in [0.1, 0.15) is 26.7 Å². The maximum absolute atomic E-state index is 10.3. The van der Waals surface area contributed by atoms with Crippen LogP contribution in [0.25, 0.3) is 10.9 Å². The van der Waals surface area contributed by atoms with Crippen molar-refractivity contribution in [2.24, 2.45) is 0 Å². The Balaban J connectivity index is 2.06. The Morgan fingerprint density at radius 3 is 2.55 bits per heavy atom. The molecular formula is C16H25NO2Si. The second kappa shape index (κ2) is 5.26. The van der Waals surface area contributed by atoms with Crippen LogP contribution in [0.2, 0.25) is 18.1 Å². The van der Waals surface area contributed by atoms with Gasteiger partial charge in [-0.1, -0.05) is 19.9 Å². The molecule has 0 aliphatic carbocycles. The second-order valence-electron chi connectivity index (χ2n) is 6.77. The minimum absolute atomic E-state index is 0.0259. The van der Waals surface area contributed by atoms with E-state index in [1.807, 2.05) is 37.5 Å². The third kappa shape index (κ3) is 2.91. The quantitative estimate of drug-likeness (QED) is 0.814. The molecule has 0 aliphatic heterocycles. The van der Waals surface area contributed by atoms with E-state index in [9.17, 15) is 9.90 Å². The molecule has 0 aliphatic rings. The van der Waals surface area contributed by atoms with Gasteiger partial charge in [0.15, 0.2) is 8.32 Å². The van der Waals surface area contributed by atoms with E-state index in [1.54, 1.807) is 6.07 Å². The van der Waals surface area contributed by atoms with E-state index in [4.69, 9.17) is 0 Å². The van der Waals surface area contributed by atoms with Crippen molar-refractivity contribution in [2.75, 3.05) is 0 Å². The van der Waals surface area contributed by atoms with E-state index in [0.717, 1.165) is 30.3 Å². The molecule has 0 saturated heterocycles. The van der Waals surface area contributed by atoms with Gasteiger partial charge in [0.25, 0.3) is 0 Å². The Kier molecular flexibility index (Phi) is 3.98. The predicted molar refractivity (Wildman–Crippen MR) is 86.6 cm³/mol. The molecule has 2 rings (SSSR count). The average molecular weight is 291 g/mol. The lowest BCUT2D eigenvalue weighted by molar-refractivity contribution is 0.433. The van der Waals surface area contributed by atoms with Crippen molar-refractivity contribution in [1.29, 1.82) is 0 Å². The minimum atomic E-state index is -2.12. The Morgan fingerprint density at radius 2 is 1.90 bits per heavy atom. The predicted octanol–water partition coefficient (Wildman–Crippen LogP) is 4.10. The van der Waals surface area contributed by atoms with E-state index in [-0.39, 0.29) is 5.04 Å². The highest BCUT2D eigenvalue weighted by Gasteiger charge is 2.37. The standard InChI is InChI=1S/C16H25NO2Si/c1-16(2,20(3,4)19)10-6-11-17-12-9-13-14(17)7-5-8-15(13)18/h5,7-9,12,18-19H,6,10-11H2,1-4H3. The molecule has 2 N–H and O–H groups in total. The summed E-state index contributed by atoms with van der Waals surface area (Å²) in [4.78, 5) is 10.3. The lowest BCUT2D eigenvalue weighted by atomic mass is 10.1. The summed E-state index contributed by atoms with van der Waals surface area (Å²) in [6.45, 7) is 9.27. The molecule has 4 heteroatoms. The number of nitrogens with zero attached hydrogens (tertiary/aromatic N) is 1. The summed E-state index contributed by atoms with van der Waals surface area (Å²) in [7, 11) is -2.12. The van der Waals surface area contributed by atoms with E-state index in [2.05, 4.69) is 18.4 Å². The SMILES string of the molecule is CC(C)(CCCn1ccc2c(O)cccc21)[Si](C)(C)O. The third-order valence-electron chi connectivity index (χ3n) is 4.65. The van der Waals surface area contributed by atoms with Gasteiger partial charge in [-0.2, -0.15) is 0 Å². The average Bonchev–Trinajstić information content (AvgIpc) is 2.72. The number of rotatable bonds is 5. The summed E-state index contributed by atoms with van der Waals surface area (Å²) < 4.78 is 2.18.